The number of rotatable bonds is 1. The van der Waals surface area contributed by atoms with Crippen molar-refractivity contribution in [3.05, 3.63) is 57.5 Å². The summed E-state index contributed by atoms with van der Waals surface area (Å²) in [6, 6.07) is 3.35. The Morgan fingerprint density at radius 2 is 2.09 bits per heavy atom. The lowest BCUT2D eigenvalue weighted by atomic mass is 9.84. The van der Waals surface area contributed by atoms with Crippen molar-refractivity contribution in [2.24, 2.45) is 10.3 Å². The Balaban J connectivity index is 2.30. The van der Waals surface area contributed by atoms with Crippen LogP contribution in [0.5, 0.6) is 0 Å². The van der Waals surface area contributed by atoms with Gasteiger partial charge in [-0.1, -0.05) is 25.1 Å². The number of allylic oxidation sites excluding steroid dienone is 3. The van der Waals surface area contributed by atoms with Gasteiger partial charge in [-0.3, -0.25) is 4.79 Å². The van der Waals surface area contributed by atoms with Crippen molar-refractivity contribution >= 4 is 23.3 Å². The summed E-state index contributed by atoms with van der Waals surface area (Å²) >= 11 is 1.05. The van der Waals surface area contributed by atoms with Crippen molar-refractivity contribution in [1.82, 2.24) is 0 Å². The van der Waals surface area contributed by atoms with Crippen LogP contribution in [0.25, 0.3) is 5.57 Å². The minimum Gasteiger partial charge on any atom is -0.293 e. The summed E-state index contributed by atoms with van der Waals surface area (Å²) in [7, 11) is 0. The number of halogens is 3. The highest BCUT2D eigenvalue weighted by Crippen LogP contribution is 2.30. The lowest BCUT2D eigenvalue weighted by molar-refractivity contribution is -0.137. The molecule has 1 heterocycles. The summed E-state index contributed by atoms with van der Waals surface area (Å²) in [6.07, 6.45) is -0.0786. The number of Topliss-reactive ketones (excluding diaryl/α,β-unsaturated/α-hetero) is 1. The predicted octanol–water partition coefficient (Wildman–Crippen LogP) is 3.19. The van der Waals surface area contributed by atoms with Gasteiger partial charge in [-0.15, -0.1) is 0 Å². The predicted molar refractivity (Wildman–Crippen MR) is 79.2 cm³/mol. The lowest BCUT2D eigenvalue weighted by Crippen LogP contribution is -2.33. The third kappa shape index (κ3) is 2.52. The van der Waals surface area contributed by atoms with Crippen molar-refractivity contribution in [3.8, 4) is 0 Å². The second-order valence-corrected chi connectivity index (χ2v) is 5.74. The van der Waals surface area contributed by atoms with Crippen molar-refractivity contribution in [2.75, 3.05) is 0 Å². The molecule has 0 N–H and O–H groups in total. The molecule has 0 saturated carbocycles. The number of fused-ring (bicyclic) bond motifs is 2. The van der Waals surface area contributed by atoms with E-state index >= 15 is 0 Å². The Morgan fingerprint density at radius 3 is 2.77 bits per heavy atom. The van der Waals surface area contributed by atoms with Gasteiger partial charge in [-0.05, 0) is 24.1 Å². The number of carbonyl (C=O) groups is 1. The fraction of sp³-hybridized carbons (Fsp3) is 0.250. The van der Waals surface area contributed by atoms with E-state index in [1.165, 1.54) is 6.07 Å². The van der Waals surface area contributed by atoms with E-state index in [1.54, 1.807) is 5.41 Å². The number of hydrogen-bond acceptors (Lipinski definition) is 3. The normalized spacial score (nSPS) is 20.7. The van der Waals surface area contributed by atoms with Crippen LogP contribution in [0, 0.1) is 5.92 Å². The molecule has 3 rings (SSSR count). The van der Waals surface area contributed by atoms with Gasteiger partial charge in [0.25, 0.3) is 0 Å². The molecule has 0 spiro atoms. The Kier molecular flexibility index (Phi) is 3.72. The molecule has 1 aromatic rings. The number of nitrogens with zero attached hydrogens (tertiary/aromatic N) is 1. The van der Waals surface area contributed by atoms with E-state index in [0.717, 1.165) is 24.1 Å². The van der Waals surface area contributed by atoms with Crippen molar-refractivity contribution in [1.29, 1.82) is 0 Å². The third-order valence-corrected chi connectivity index (χ3v) is 4.41. The molecule has 0 bridgehead atoms. The van der Waals surface area contributed by atoms with Gasteiger partial charge in [-0.25, -0.2) is 4.40 Å². The van der Waals surface area contributed by atoms with E-state index in [2.05, 4.69) is 4.40 Å². The molecule has 0 aromatic heterocycles. The zero-order valence-electron chi connectivity index (χ0n) is 11.6. The van der Waals surface area contributed by atoms with E-state index in [1.807, 2.05) is 19.1 Å². The van der Waals surface area contributed by atoms with Crippen molar-refractivity contribution in [3.63, 3.8) is 0 Å². The van der Waals surface area contributed by atoms with Crippen LogP contribution in [0.4, 0.5) is 13.2 Å². The SMILES string of the molecule is CCC1C=CC2=CSN=c3cc(C(F)(F)F)ccc3=C2C1=O. The largest absolute Gasteiger partial charge is 0.416 e. The second-order valence-electron chi connectivity index (χ2n) is 5.11. The van der Waals surface area contributed by atoms with Crippen LogP contribution < -0.4 is 10.6 Å². The van der Waals surface area contributed by atoms with Gasteiger partial charge >= 0.3 is 6.18 Å². The van der Waals surface area contributed by atoms with Gasteiger partial charge in [0.2, 0.25) is 0 Å². The summed E-state index contributed by atoms with van der Waals surface area (Å²) in [5.41, 5.74) is 0.416. The van der Waals surface area contributed by atoms with Crippen molar-refractivity contribution < 1.29 is 18.0 Å². The van der Waals surface area contributed by atoms with E-state index in [-0.39, 0.29) is 17.1 Å². The molecule has 1 aliphatic heterocycles. The number of carbonyl (C=O) groups excluding carboxylic acids is 1. The molecule has 1 atom stereocenters. The first-order valence-electron chi connectivity index (χ1n) is 6.80. The molecule has 2 aliphatic rings. The number of alkyl halides is 3. The summed E-state index contributed by atoms with van der Waals surface area (Å²) in [5, 5.41) is 2.36. The number of ketones is 1. The summed E-state index contributed by atoms with van der Waals surface area (Å²) in [5.74, 6) is -0.291. The number of benzene rings is 1. The molecule has 1 unspecified atom stereocenters. The minimum absolute atomic E-state index is 0.0602. The topological polar surface area (TPSA) is 29.4 Å². The maximum absolute atomic E-state index is 12.8. The number of hydrogen-bond donors (Lipinski definition) is 0. The molecule has 6 heteroatoms. The lowest BCUT2D eigenvalue weighted by Gasteiger charge is -2.18. The zero-order valence-corrected chi connectivity index (χ0v) is 12.5. The average Bonchev–Trinajstić information content (AvgIpc) is 2.65. The second kappa shape index (κ2) is 5.43. The molecule has 0 saturated heterocycles. The molecule has 1 aliphatic carbocycles. The van der Waals surface area contributed by atoms with Gasteiger partial charge in [0, 0.05) is 34.1 Å². The molecule has 22 heavy (non-hydrogen) atoms. The van der Waals surface area contributed by atoms with Gasteiger partial charge in [0.1, 0.15) is 0 Å². The summed E-state index contributed by atoms with van der Waals surface area (Å²) in [6.45, 7) is 1.91. The first-order chi connectivity index (χ1) is 10.4. The zero-order chi connectivity index (χ0) is 15.9. The highest BCUT2D eigenvalue weighted by atomic mass is 32.2. The summed E-state index contributed by atoms with van der Waals surface area (Å²) in [4.78, 5) is 12.6. The van der Waals surface area contributed by atoms with Crippen molar-refractivity contribution in [2.45, 2.75) is 19.5 Å². The van der Waals surface area contributed by atoms with E-state index < -0.39 is 11.7 Å². The maximum Gasteiger partial charge on any atom is 0.416 e. The Morgan fingerprint density at radius 1 is 1.32 bits per heavy atom. The van der Waals surface area contributed by atoms with Gasteiger partial charge in [-0.2, -0.15) is 13.2 Å². The Bertz CT molecular complexity index is 821. The monoisotopic (exact) mass is 323 g/mol. The fourth-order valence-electron chi connectivity index (χ4n) is 2.56. The Hall–Kier alpha value is -1.82. The van der Waals surface area contributed by atoms with Gasteiger partial charge in [0.15, 0.2) is 5.78 Å². The van der Waals surface area contributed by atoms with Crippen LogP contribution in [-0.4, -0.2) is 5.78 Å². The van der Waals surface area contributed by atoms with E-state index in [9.17, 15) is 18.0 Å². The van der Waals surface area contributed by atoms with Crippen LogP contribution in [-0.2, 0) is 11.0 Å². The third-order valence-electron chi connectivity index (χ3n) is 3.74. The smallest absolute Gasteiger partial charge is 0.293 e. The fourth-order valence-corrected chi connectivity index (χ4v) is 3.19. The Labute approximate surface area is 129 Å². The molecule has 2 nitrogen and oxygen atoms in total. The molecule has 114 valence electrons. The molecular formula is C16H12F3NOS. The molecule has 1 aromatic carbocycles. The highest BCUT2D eigenvalue weighted by Gasteiger charge is 2.31. The van der Waals surface area contributed by atoms with Gasteiger partial charge < -0.3 is 0 Å². The van der Waals surface area contributed by atoms with Crippen LogP contribution in [0.1, 0.15) is 18.9 Å². The standard InChI is InChI=1S/C16H12F3NOS/c1-2-9-3-4-10-8-22-20-13-7-11(16(17,18)19)5-6-12(13)14(10)15(9)21/h3-9H,2H2,1H3. The van der Waals surface area contributed by atoms with Gasteiger partial charge in [0.05, 0.1) is 10.9 Å². The highest BCUT2D eigenvalue weighted by molar-refractivity contribution is 8.00. The molecule has 0 radical (unpaired) electrons. The molecule has 0 fully saturated rings. The van der Waals surface area contributed by atoms with E-state index in [0.29, 0.717) is 22.8 Å². The summed E-state index contributed by atoms with van der Waals surface area (Å²) < 4.78 is 42.6. The van der Waals surface area contributed by atoms with Crippen LogP contribution in [0.2, 0.25) is 0 Å². The quantitative estimate of drug-likeness (QED) is 0.743. The molecular weight excluding hydrogens is 311 g/mol. The van der Waals surface area contributed by atoms with Crippen LogP contribution in [0.3, 0.4) is 0 Å². The molecule has 0 amide bonds. The first kappa shape index (κ1) is 15.1. The van der Waals surface area contributed by atoms with E-state index in [4.69, 9.17) is 0 Å². The minimum atomic E-state index is -4.43. The van der Waals surface area contributed by atoms with Crippen LogP contribution >= 0.6 is 11.9 Å². The maximum atomic E-state index is 12.8. The first-order valence-corrected chi connectivity index (χ1v) is 7.64. The van der Waals surface area contributed by atoms with Crippen LogP contribution in [0.15, 0.2) is 45.7 Å². The average molecular weight is 323 g/mol.